The number of aliphatic carboxylic acids is 1. The third-order valence-electron chi connectivity index (χ3n) is 8.82. The molecule has 0 aromatic rings. The van der Waals surface area contributed by atoms with Crippen molar-refractivity contribution in [2.75, 3.05) is 26.4 Å². The van der Waals surface area contributed by atoms with Crippen molar-refractivity contribution in [2.24, 2.45) is 5.92 Å². The highest BCUT2D eigenvalue weighted by molar-refractivity contribution is 5.71. The van der Waals surface area contributed by atoms with Crippen molar-refractivity contribution in [3.05, 3.63) is 0 Å². The molecule has 0 radical (unpaired) electrons. The molecule has 21 nitrogen and oxygen atoms in total. The largest absolute Gasteiger partial charge is 0.547 e. The molecule has 4 aliphatic rings. The first-order valence-corrected chi connectivity index (χ1v) is 14.9. The molecule has 20 atom stereocenters. The van der Waals surface area contributed by atoms with Gasteiger partial charge in [0.15, 0.2) is 18.9 Å². The molecule has 4 fully saturated rings. The van der Waals surface area contributed by atoms with Gasteiger partial charge in [0.25, 0.3) is 0 Å². The van der Waals surface area contributed by atoms with Gasteiger partial charge < -0.3 is 104 Å². The second-order valence-corrected chi connectivity index (χ2v) is 11.8. The predicted molar refractivity (Wildman–Crippen MR) is 140 cm³/mol. The maximum absolute atomic E-state index is 11.6. The fraction of sp³-hybridized carbons (Fsp3) is 0.962. The number of carboxylic acids is 1. The van der Waals surface area contributed by atoms with Crippen molar-refractivity contribution < 1.29 is 104 Å². The number of carboxylic acid groups (broad SMARTS) is 1. The van der Waals surface area contributed by atoms with E-state index >= 15 is 0 Å². The maximum atomic E-state index is 11.6. The van der Waals surface area contributed by atoms with Crippen LogP contribution >= 0.6 is 0 Å². The lowest BCUT2D eigenvalue weighted by molar-refractivity contribution is -0.404. The van der Waals surface area contributed by atoms with Crippen LogP contribution in [0.2, 0.25) is 0 Å². The molecule has 0 saturated carbocycles. The molecule has 0 aliphatic carbocycles. The molecule has 12 N–H and O–H groups in total. The van der Waals surface area contributed by atoms with Gasteiger partial charge in [-0.2, -0.15) is 0 Å². The van der Waals surface area contributed by atoms with Crippen molar-refractivity contribution in [3.8, 4) is 0 Å². The summed E-state index contributed by atoms with van der Waals surface area (Å²) in [5.74, 6) is -3.37. The minimum Gasteiger partial charge on any atom is -0.547 e. The lowest BCUT2D eigenvalue weighted by Gasteiger charge is -2.50. The zero-order valence-corrected chi connectivity index (χ0v) is 24.9. The van der Waals surface area contributed by atoms with E-state index < -0.39 is 155 Å². The lowest BCUT2D eigenvalue weighted by Crippen LogP contribution is -2.69. The molecule has 4 heterocycles. The zero-order valence-electron chi connectivity index (χ0n) is 24.9. The maximum Gasteiger partial charge on any atom is 0.187 e. The van der Waals surface area contributed by atoms with Gasteiger partial charge in [0.05, 0.1) is 44.6 Å². The summed E-state index contributed by atoms with van der Waals surface area (Å²) in [4.78, 5) is 11.6. The summed E-state index contributed by atoms with van der Waals surface area (Å²) in [6.45, 7) is -1.90. The van der Waals surface area contributed by atoms with E-state index in [9.17, 15) is 71.2 Å². The minimum atomic E-state index is -2.26. The standard InChI is InChI=1S/C26H44O21/c1-6-11(31)19(14(34)9(4-29)41-6)44-26-22(47-25-18(38)16(36)17(37)21(46-25)23(39)40)20(15(35)10(5-30)43-26)45-24-13(33)7(2-27)12(32)8(3-28)42-24/h6-22,24-38H,2-5H2,1H3,(H,39,40)/p-1/t6?,7-,8+,9+,10+,11-,12+,13+,14-,15+,16-,17+,18+,19+,20-,21-,22-,24-,25-,26+/m0/s1. The number of hydrogen-bond donors (Lipinski definition) is 12. The number of hydrogen-bond acceptors (Lipinski definition) is 21. The first-order chi connectivity index (χ1) is 22.2. The van der Waals surface area contributed by atoms with Crippen molar-refractivity contribution >= 4 is 5.97 Å². The first-order valence-electron chi connectivity index (χ1n) is 14.9. The van der Waals surface area contributed by atoms with Crippen LogP contribution in [0.5, 0.6) is 0 Å². The summed E-state index contributed by atoms with van der Waals surface area (Å²) in [7, 11) is 0. The Morgan fingerprint density at radius 1 is 0.532 bits per heavy atom. The number of carbonyl (C=O) groups is 1. The lowest BCUT2D eigenvalue weighted by atomic mass is 9.89. The van der Waals surface area contributed by atoms with Gasteiger partial charge in [0, 0.05) is 5.92 Å². The Hall–Kier alpha value is -1.29. The molecule has 0 amide bonds. The van der Waals surface area contributed by atoms with E-state index in [2.05, 4.69) is 0 Å². The molecule has 4 aliphatic heterocycles. The monoisotopic (exact) mass is 691 g/mol. The molecular weight excluding hydrogens is 648 g/mol. The van der Waals surface area contributed by atoms with E-state index in [-0.39, 0.29) is 0 Å². The molecule has 0 aromatic heterocycles. The number of rotatable bonds is 11. The van der Waals surface area contributed by atoms with Gasteiger partial charge in [-0.15, -0.1) is 0 Å². The summed E-state index contributed by atoms with van der Waals surface area (Å²) in [5, 5.41) is 136. The molecular formula is C26H43O21-. The third kappa shape index (κ3) is 7.73. The first kappa shape index (κ1) is 38.5. The third-order valence-corrected chi connectivity index (χ3v) is 8.82. The van der Waals surface area contributed by atoms with Crippen LogP contribution in [0.15, 0.2) is 0 Å². The van der Waals surface area contributed by atoms with E-state index in [0.29, 0.717) is 0 Å². The van der Waals surface area contributed by atoms with Crippen LogP contribution in [-0.4, -0.2) is 210 Å². The van der Waals surface area contributed by atoms with Crippen LogP contribution in [0.3, 0.4) is 0 Å². The van der Waals surface area contributed by atoms with Crippen molar-refractivity contribution in [1.82, 2.24) is 0 Å². The Labute approximate surface area is 266 Å². The molecule has 0 aromatic carbocycles. The Kier molecular flexibility index (Phi) is 13.2. The SMILES string of the molecule is CC1O[C@H](CO)[C@H](O)[C@H](O[C@H]2O[C@H](CO)[C@@H](O)[C@H](O[C@@H]3O[C@H](CO)[C@H](O)[C@H](CO)[C@H]3O)[C@@H]2O[C@@H]2O[C@H](C(=O)[O-])[C@H](O)[C@H](O)[C@H]2O)[C@H]1O. The smallest absolute Gasteiger partial charge is 0.187 e. The average molecular weight is 692 g/mol. The van der Waals surface area contributed by atoms with Crippen LogP contribution in [0.1, 0.15) is 6.92 Å². The van der Waals surface area contributed by atoms with Crippen LogP contribution in [0, 0.1) is 5.92 Å². The molecule has 4 rings (SSSR count). The molecule has 0 spiro atoms. The highest BCUT2D eigenvalue weighted by atomic mass is 16.8. The zero-order chi connectivity index (χ0) is 34.9. The summed E-state index contributed by atoms with van der Waals surface area (Å²) >= 11 is 0. The number of aliphatic hydroxyl groups is 12. The summed E-state index contributed by atoms with van der Waals surface area (Å²) < 4.78 is 39.0. The Balaban J connectivity index is 1.73. The second-order valence-electron chi connectivity index (χ2n) is 11.8. The van der Waals surface area contributed by atoms with Gasteiger partial charge in [-0.1, -0.05) is 0 Å². The van der Waals surface area contributed by atoms with E-state index in [4.69, 9.17) is 33.2 Å². The van der Waals surface area contributed by atoms with Crippen LogP contribution in [0.4, 0.5) is 0 Å². The number of ether oxygens (including phenoxy) is 7. The fourth-order valence-electron chi connectivity index (χ4n) is 5.99. The molecule has 4 saturated heterocycles. The number of aliphatic hydroxyl groups excluding tert-OH is 12. The minimum absolute atomic E-state index is 0.721. The highest BCUT2D eigenvalue weighted by Gasteiger charge is 2.56. The quantitative estimate of drug-likeness (QED) is 0.0956. The van der Waals surface area contributed by atoms with Gasteiger partial charge in [-0.05, 0) is 6.92 Å². The van der Waals surface area contributed by atoms with Crippen LogP contribution in [0.25, 0.3) is 0 Å². The van der Waals surface area contributed by atoms with Crippen molar-refractivity contribution in [1.29, 1.82) is 0 Å². The molecule has 274 valence electrons. The summed E-state index contributed by atoms with van der Waals surface area (Å²) in [6.07, 6.45) is -34.4. The van der Waals surface area contributed by atoms with E-state index in [1.54, 1.807) is 0 Å². The summed E-state index contributed by atoms with van der Waals surface area (Å²) in [5.41, 5.74) is 0. The van der Waals surface area contributed by atoms with Gasteiger partial charge in [0.1, 0.15) is 85.5 Å². The molecule has 47 heavy (non-hydrogen) atoms. The number of carbonyl (C=O) groups excluding carboxylic acids is 1. The Morgan fingerprint density at radius 2 is 1.02 bits per heavy atom. The fourth-order valence-corrected chi connectivity index (χ4v) is 5.99. The topological polar surface area (TPSA) is 348 Å². The molecule has 21 heteroatoms. The normalized spacial score (nSPS) is 51.1. The van der Waals surface area contributed by atoms with Gasteiger partial charge in [-0.25, -0.2) is 0 Å². The predicted octanol–water partition coefficient (Wildman–Crippen LogP) is -9.67. The van der Waals surface area contributed by atoms with E-state index in [1.165, 1.54) is 6.92 Å². The molecule has 0 bridgehead atoms. The Bertz CT molecular complexity index is 1010. The van der Waals surface area contributed by atoms with E-state index in [0.717, 1.165) is 0 Å². The van der Waals surface area contributed by atoms with Crippen molar-refractivity contribution in [2.45, 2.75) is 123 Å². The van der Waals surface area contributed by atoms with E-state index in [1.807, 2.05) is 0 Å². The summed E-state index contributed by atoms with van der Waals surface area (Å²) in [6, 6.07) is 0. The van der Waals surface area contributed by atoms with Crippen LogP contribution in [-0.2, 0) is 38.0 Å². The van der Waals surface area contributed by atoms with Gasteiger partial charge >= 0.3 is 0 Å². The molecule has 1 unspecified atom stereocenters. The van der Waals surface area contributed by atoms with Crippen LogP contribution < -0.4 is 5.11 Å². The van der Waals surface area contributed by atoms with Crippen molar-refractivity contribution in [3.63, 3.8) is 0 Å². The average Bonchev–Trinajstić information content (AvgIpc) is 3.04. The second kappa shape index (κ2) is 16.2. The highest BCUT2D eigenvalue weighted by Crippen LogP contribution is 2.36. The van der Waals surface area contributed by atoms with Gasteiger partial charge in [-0.3, -0.25) is 0 Å². The Morgan fingerprint density at radius 3 is 1.60 bits per heavy atom. The van der Waals surface area contributed by atoms with Gasteiger partial charge in [0.2, 0.25) is 0 Å².